The van der Waals surface area contributed by atoms with Crippen molar-refractivity contribution in [3.05, 3.63) is 65.7 Å². The summed E-state index contributed by atoms with van der Waals surface area (Å²) in [6.45, 7) is 1.08. The Morgan fingerprint density at radius 3 is 2.33 bits per heavy atom. The lowest BCUT2D eigenvalue weighted by Gasteiger charge is -2.18. The first-order chi connectivity index (χ1) is 11.4. The Morgan fingerprint density at radius 1 is 1.04 bits per heavy atom. The lowest BCUT2D eigenvalue weighted by atomic mass is 10.2. The summed E-state index contributed by atoms with van der Waals surface area (Å²) in [5, 5.41) is 3.14. The number of hydrogen-bond donors (Lipinski definition) is 1. The van der Waals surface area contributed by atoms with Crippen LogP contribution in [-0.2, 0) is 17.5 Å². The number of carbonyl (C=O) groups excluding carboxylic acids is 1. The molecule has 2 aromatic rings. The number of carbonyl (C=O) groups is 1. The van der Waals surface area contributed by atoms with Crippen LogP contribution in [0.3, 0.4) is 0 Å². The van der Waals surface area contributed by atoms with Gasteiger partial charge < -0.3 is 10.2 Å². The van der Waals surface area contributed by atoms with E-state index in [-0.39, 0.29) is 11.9 Å². The molecule has 1 amide bonds. The molecule has 0 aliphatic carbocycles. The van der Waals surface area contributed by atoms with Gasteiger partial charge in [0.15, 0.2) is 0 Å². The molecule has 1 N–H and O–H groups in total. The van der Waals surface area contributed by atoms with Crippen molar-refractivity contribution in [3.8, 4) is 0 Å². The van der Waals surface area contributed by atoms with Crippen LogP contribution in [0.5, 0.6) is 0 Å². The molecule has 3 nitrogen and oxygen atoms in total. The number of amides is 1. The van der Waals surface area contributed by atoms with E-state index in [9.17, 15) is 18.0 Å². The van der Waals surface area contributed by atoms with Gasteiger partial charge in [-0.15, -0.1) is 0 Å². The lowest BCUT2D eigenvalue weighted by molar-refractivity contribution is -0.137. The second-order valence-corrected chi connectivity index (χ2v) is 5.88. The summed E-state index contributed by atoms with van der Waals surface area (Å²) < 4.78 is 37.7. The Morgan fingerprint density at radius 2 is 1.71 bits per heavy atom. The minimum absolute atomic E-state index is 0.0447. The Labute approximate surface area is 138 Å². The van der Waals surface area contributed by atoms with E-state index in [1.807, 2.05) is 30.3 Å². The number of nitrogens with zero attached hydrogens (tertiary/aromatic N) is 1. The number of likely N-dealkylation sites (tertiary alicyclic amines) is 1. The fraction of sp³-hybridized carbons (Fsp3) is 0.278. The molecule has 0 saturated carbocycles. The summed E-state index contributed by atoms with van der Waals surface area (Å²) in [6, 6.07) is 14.5. The SMILES string of the molecule is O=C1CC(Nc2ccc(C(F)(F)F)cc2)CN1Cc1ccccc1. The summed E-state index contributed by atoms with van der Waals surface area (Å²) in [4.78, 5) is 13.9. The molecule has 0 aromatic heterocycles. The third kappa shape index (κ3) is 3.88. The molecule has 6 heteroatoms. The van der Waals surface area contributed by atoms with Crippen LogP contribution in [0.1, 0.15) is 17.5 Å². The van der Waals surface area contributed by atoms with Gasteiger partial charge in [-0.3, -0.25) is 4.79 Å². The number of anilines is 1. The van der Waals surface area contributed by atoms with E-state index in [4.69, 9.17) is 0 Å². The van der Waals surface area contributed by atoms with Gasteiger partial charge in [-0.2, -0.15) is 13.2 Å². The molecule has 1 atom stereocenters. The predicted molar refractivity (Wildman–Crippen MR) is 85.3 cm³/mol. The molecule has 24 heavy (non-hydrogen) atoms. The van der Waals surface area contributed by atoms with Gasteiger partial charge in [0.25, 0.3) is 0 Å². The number of nitrogens with one attached hydrogen (secondary N) is 1. The molecule has 2 aromatic carbocycles. The summed E-state index contributed by atoms with van der Waals surface area (Å²) in [5.74, 6) is 0.0447. The molecule has 126 valence electrons. The molecule has 1 unspecified atom stereocenters. The average Bonchev–Trinajstić information content (AvgIpc) is 2.87. The van der Waals surface area contributed by atoms with Gasteiger partial charge in [0.1, 0.15) is 0 Å². The highest BCUT2D eigenvalue weighted by molar-refractivity contribution is 5.80. The average molecular weight is 334 g/mol. The monoisotopic (exact) mass is 334 g/mol. The van der Waals surface area contributed by atoms with E-state index < -0.39 is 11.7 Å². The van der Waals surface area contributed by atoms with Crippen molar-refractivity contribution in [2.75, 3.05) is 11.9 Å². The fourth-order valence-electron chi connectivity index (χ4n) is 2.82. The normalized spacial score (nSPS) is 18.0. The van der Waals surface area contributed by atoms with Crippen molar-refractivity contribution < 1.29 is 18.0 Å². The van der Waals surface area contributed by atoms with Gasteiger partial charge >= 0.3 is 6.18 Å². The maximum absolute atomic E-state index is 12.6. The summed E-state index contributed by atoms with van der Waals surface area (Å²) >= 11 is 0. The van der Waals surface area contributed by atoms with Crippen molar-refractivity contribution in [2.45, 2.75) is 25.2 Å². The Kier molecular flexibility index (Phi) is 4.46. The van der Waals surface area contributed by atoms with Gasteiger partial charge in [0.05, 0.1) is 11.6 Å². The number of rotatable bonds is 4. The number of halogens is 3. The fourth-order valence-corrected chi connectivity index (χ4v) is 2.82. The molecule has 1 aliphatic rings. The van der Waals surface area contributed by atoms with Gasteiger partial charge in [0, 0.05) is 25.2 Å². The maximum Gasteiger partial charge on any atom is 0.416 e. The smallest absolute Gasteiger partial charge is 0.380 e. The van der Waals surface area contributed by atoms with Gasteiger partial charge in [-0.05, 0) is 29.8 Å². The van der Waals surface area contributed by atoms with E-state index in [0.717, 1.165) is 17.7 Å². The van der Waals surface area contributed by atoms with E-state index in [1.54, 1.807) is 4.90 Å². The molecule has 0 bridgehead atoms. The summed E-state index contributed by atoms with van der Waals surface area (Å²) in [6.07, 6.45) is -4.00. The molecular weight excluding hydrogens is 317 g/mol. The topological polar surface area (TPSA) is 32.3 Å². The maximum atomic E-state index is 12.6. The summed E-state index contributed by atoms with van der Waals surface area (Å²) in [7, 11) is 0. The third-order valence-corrected chi connectivity index (χ3v) is 4.01. The predicted octanol–water partition coefficient (Wildman–Crippen LogP) is 3.92. The minimum atomic E-state index is -4.34. The number of alkyl halides is 3. The highest BCUT2D eigenvalue weighted by Crippen LogP contribution is 2.30. The van der Waals surface area contributed by atoms with Crippen molar-refractivity contribution in [3.63, 3.8) is 0 Å². The van der Waals surface area contributed by atoms with Gasteiger partial charge in [-0.1, -0.05) is 30.3 Å². The number of hydrogen-bond acceptors (Lipinski definition) is 2. The summed E-state index contributed by atoms with van der Waals surface area (Å²) in [5.41, 5.74) is 0.963. The largest absolute Gasteiger partial charge is 0.416 e. The zero-order valence-corrected chi connectivity index (χ0v) is 12.9. The molecule has 1 fully saturated rings. The third-order valence-electron chi connectivity index (χ3n) is 4.01. The molecule has 1 saturated heterocycles. The molecule has 1 heterocycles. The van der Waals surface area contributed by atoms with Crippen LogP contribution in [0.2, 0.25) is 0 Å². The Balaban J connectivity index is 1.60. The molecular formula is C18H17F3N2O. The second kappa shape index (κ2) is 6.55. The standard InChI is InChI=1S/C18H17F3N2O/c19-18(20,21)14-6-8-15(9-7-14)22-16-10-17(24)23(12-16)11-13-4-2-1-3-5-13/h1-9,16,22H,10-12H2. The first kappa shape index (κ1) is 16.4. The molecule has 1 aliphatic heterocycles. The van der Waals surface area contributed by atoms with Crippen molar-refractivity contribution in [1.82, 2.24) is 4.90 Å². The van der Waals surface area contributed by atoms with E-state index in [2.05, 4.69) is 5.32 Å². The molecule has 0 spiro atoms. The minimum Gasteiger partial charge on any atom is -0.380 e. The van der Waals surface area contributed by atoms with Crippen LogP contribution in [0.4, 0.5) is 18.9 Å². The van der Waals surface area contributed by atoms with Crippen molar-refractivity contribution >= 4 is 11.6 Å². The van der Waals surface area contributed by atoms with Crippen LogP contribution in [0.15, 0.2) is 54.6 Å². The van der Waals surface area contributed by atoms with Gasteiger partial charge in [0.2, 0.25) is 5.91 Å². The number of benzene rings is 2. The zero-order valence-electron chi connectivity index (χ0n) is 12.9. The molecule has 0 radical (unpaired) electrons. The van der Waals surface area contributed by atoms with Crippen LogP contribution >= 0.6 is 0 Å². The quantitative estimate of drug-likeness (QED) is 0.919. The lowest BCUT2D eigenvalue weighted by Crippen LogP contribution is -2.27. The highest BCUT2D eigenvalue weighted by atomic mass is 19.4. The zero-order chi connectivity index (χ0) is 17.2. The Hall–Kier alpha value is -2.50. The Bertz CT molecular complexity index is 698. The van der Waals surface area contributed by atoms with E-state index >= 15 is 0 Å². The van der Waals surface area contributed by atoms with Crippen LogP contribution in [-0.4, -0.2) is 23.4 Å². The van der Waals surface area contributed by atoms with E-state index in [1.165, 1.54) is 12.1 Å². The first-order valence-electron chi connectivity index (χ1n) is 7.67. The first-order valence-corrected chi connectivity index (χ1v) is 7.67. The van der Waals surface area contributed by atoms with Gasteiger partial charge in [-0.25, -0.2) is 0 Å². The van der Waals surface area contributed by atoms with E-state index in [0.29, 0.717) is 25.2 Å². The van der Waals surface area contributed by atoms with Crippen LogP contribution < -0.4 is 5.32 Å². The highest BCUT2D eigenvalue weighted by Gasteiger charge is 2.31. The van der Waals surface area contributed by atoms with Crippen molar-refractivity contribution in [1.29, 1.82) is 0 Å². The van der Waals surface area contributed by atoms with Crippen molar-refractivity contribution in [2.24, 2.45) is 0 Å². The van der Waals surface area contributed by atoms with Crippen LogP contribution in [0, 0.1) is 0 Å². The second-order valence-electron chi connectivity index (χ2n) is 5.88. The van der Waals surface area contributed by atoms with Crippen LogP contribution in [0.25, 0.3) is 0 Å². The molecule has 3 rings (SSSR count).